The number of benzene rings is 1. The van der Waals surface area contributed by atoms with Gasteiger partial charge in [0.15, 0.2) is 5.88 Å². The number of rotatable bonds is 3. The Labute approximate surface area is 161 Å². The van der Waals surface area contributed by atoms with Gasteiger partial charge in [-0.3, -0.25) is 14.9 Å². The van der Waals surface area contributed by atoms with E-state index >= 15 is 0 Å². The summed E-state index contributed by atoms with van der Waals surface area (Å²) in [4.78, 5) is 37.4. The van der Waals surface area contributed by atoms with Gasteiger partial charge in [0.1, 0.15) is 6.04 Å². The standard InChI is InChI=1S/C19H22N4O5/c24-16-4-3-15(17(25)21-16)23-11-13-9-12(1-2-14(13)18(23)26)10-20-19(27)22-5-7-28-8-6-22/h1-2,9,11,15,26H,3-8,10H2,(H,20,27)(H,21,24,25). The van der Waals surface area contributed by atoms with Crippen LogP contribution >= 0.6 is 0 Å². The molecule has 148 valence electrons. The second-order valence-electron chi connectivity index (χ2n) is 7.01. The van der Waals surface area contributed by atoms with Crippen LogP contribution < -0.4 is 10.6 Å². The summed E-state index contributed by atoms with van der Waals surface area (Å²) in [6, 6.07) is 4.72. The number of aromatic hydroxyl groups is 1. The highest BCUT2D eigenvalue weighted by atomic mass is 16.5. The molecule has 9 heteroatoms. The molecular weight excluding hydrogens is 364 g/mol. The number of fused-ring (bicyclic) bond motifs is 1. The lowest BCUT2D eigenvalue weighted by atomic mass is 10.1. The van der Waals surface area contributed by atoms with Crippen molar-refractivity contribution in [2.24, 2.45) is 0 Å². The van der Waals surface area contributed by atoms with Gasteiger partial charge in [0.05, 0.1) is 13.2 Å². The van der Waals surface area contributed by atoms with Gasteiger partial charge in [0.25, 0.3) is 0 Å². The Morgan fingerprint density at radius 1 is 1.29 bits per heavy atom. The summed E-state index contributed by atoms with van der Waals surface area (Å²) in [5.41, 5.74) is 0.884. The first-order valence-electron chi connectivity index (χ1n) is 9.29. The summed E-state index contributed by atoms with van der Waals surface area (Å²) >= 11 is 0. The van der Waals surface area contributed by atoms with Crippen LogP contribution in [0.4, 0.5) is 4.79 Å². The van der Waals surface area contributed by atoms with Crippen LogP contribution in [-0.2, 0) is 20.9 Å². The molecule has 3 N–H and O–H groups in total. The van der Waals surface area contributed by atoms with Crippen molar-refractivity contribution in [1.82, 2.24) is 20.1 Å². The van der Waals surface area contributed by atoms with Gasteiger partial charge in [-0.1, -0.05) is 6.07 Å². The van der Waals surface area contributed by atoms with Crippen molar-refractivity contribution in [3.63, 3.8) is 0 Å². The summed E-state index contributed by atoms with van der Waals surface area (Å²) in [6.45, 7) is 2.61. The van der Waals surface area contributed by atoms with E-state index in [0.717, 1.165) is 10.9 Å². The average Bonchev–Trinajstić information content (AvgIpc) is 3.02. The molecule has 1 unspecified atom stereocenters. The van der Waals surface area contributed by atoms with E-state index < -0.39 is 11.9 Å². The van der Waals surface area contributed by atoms with Gasteiger partial charge in [-0.15, -0.1) is 0 Å². The van der Waals surface area contributed by atoms with Crippen molar-refractivity contribution in [3.05, 3.63) is 30.0 Å². The lowest BCUT2D eigenvalue weighted by Crippen LogP contribution is -2.45. The molecule has 1 aromatic carbocycles. The molecule has 3 heterocycles. The van der Waals surface area contributed by atoms with Crippen molar-refractivity contribution in [1.29, 1.82) is 0 Å². The predicted octanol–water partition coefficient (Wildman–Crippen LogP) is 0.866. The van der Waals surface area contributed by atoms with Crippen molar-refractivity contribution < 1.29 is 24.2 Å². The minimum Gasteiger partial charge on any atom is -0.494 e. The van der Waals surface area contributed by atoms with Crippen molar-refractivity contribution >= 4 is 28.6 Å². The summed E-state index contributed by atoms with van der Waals surface area (Å²) in [5.74, 6) is -0.714. The minimum absolute atomic E-state index is 0.00611. The number of amides is 4. The third-order valence-electron chi connectivity index (χ3n) is 5.17. The second kappa shape index (κ2) is 7.51. The van der Waals surface area contributed by atoms with Gasteiger partial charge in [-0.25, -0.2) is 4.79 Å². The number of morpholine rings is 1. The molecule has 1 atom stereocenters. The zero-order chi connectivity index (χ0) is 19.7. The maximum Gasteiger partial charge on any atom is 0.317 e. The molecule has 4 amide bonds. The number of piperidine rings is 1. The van der Waals surface area contributed by atoms with Gasteiger partial charge in [0.2, 0.25) is 11.8 Å². The number of nitrogens with one attached hydrogen (secondary N) is 2. The summed E-state index contributed by atoms with van der Waals surface area (Å²) in [6.07, 6.45) is 2.29. The topological polar surface area (TPSA) is 113 Å². The SMILES string of the molecule is O=C1CCC(n2cc3cc(CNC(=O)N4CCOCC4)ccc3c2O)C(=O)N1. The fourth-order valence-electron chi connectivity index (χ4n) is 3.62. The van der Waals surface area contributed by atoms with E-state index in [4.69, 9.17) is 4.74 Å². The first-order chi connectivity index (χ1) is 13.5. The number of carbonyl (C=O) groups excluding carboxylic acids is 3. The zero-order valence-corrected chi connectivity index (χ0v) is 15.3. The maximum absolute atomic E-state index is 12.2. The zero-order valence-electron chi connectivity index (χ0n) is 15.3. The quantitative estimate of drug-likeness (QED) is 0.678. The van der Waals surface area contributed by atoms with Crippen LogP contribution in [0.15, 0.2) is 24.4 Å². The van der Waals surface area contributed by atoms with E-state index in [2.05, 4.69) is 10.6 Å². The monoisotopic (exact) mass is 386 g/mol. The normalized spacial score (nSPS) is 20.3. The number of aromatic nitrogens is 1. The molecule has 0 bridgehead atoms. The number of hydrogen-bond acceptors (Lipinski definition) is 5. The van der Waals surface area contributed by atoms with E-state index in [1.54, 1.807) is 17.2 Å². The van der Waals surface area contributed by atoms with E-state index in [-0.39, 0.29) is 24.2 Å². The van der Waals surface area contributed by atoms with E-state index in [0.29, 0.717) is 44.7 Å². The van der Waals surface area contributed by atoms with E-state index in [9.17, 15) is 19.5 Å². The van der Waals surface area contributed by atoms with Gasteiger partial charge < -0.3 is 24.6 Å². The molecule has 2 aliphatic heterocycles. The van der Waals surface area contributed by atoms with Crippen LogP contribution in [0.3, 0.4) is 0 Å². The molecule has 28 heavy (non-hydrogen) atoms. The van der Waals surface area contributed by atoms with Crippen LogP contribution in [0.5, 0.6) is 5.88 Å². The molecule has 0 spiro atoms. The smallest absolute Gasteiger partial charge is 0.317 e. The molecule has 0 saturated carbocycles. The van der Waals surface area contributed by atoms with Crippen LogP contribution in [0.25, 0.3) is 10.8 Å². The fraction of sp³-hybridized carbons (Fsp3) is 0.421. The number of carbonyl (C=O) groups is 3. The van der Waals surface area contributed by atoms with Gasteiger partial charge in [-0.2, -0.15) is 0 Å². The summed E-state index contributed by atoms with van der Waals surface area (Å²) in [5, 5.41) is 17.1. The number of hydrogen-bond donors (Lipinski definition) is 3. The Morgan fingerprint density at radius 3 is 2.82 bits per heavy atom. The highest BCUT2D eigenvalue weighted by Gasteiger charge is 2.30. The van der Waals surface area contributed by atoms with E-state index in [1.165, 1.54) is 4.57 Å². The Bertz CT molecular complexity index is 932. The average molecular weight is 386 g/mol. The summed E-state index contributed by atoms with van der Waals surface area (Å²) < 4.78 is 6.75. The van der Waals surface area contributed by atoms with Crippen molar-refractivity contribution in [2.45, 2.75) is 25.4 Å². The Balaban J connectivity index is 1.49. The molecular formula is C19H22N4O5. The number of ether oxygens (including phenoxy) is 1. The highest BCUT2D eigenvalue weighted by Crippen LogP contribution is 2.33. The molecule has 0 radical (unpaired) electrons. The highest BCUT2D eigenvalue weighted by molar-refractivity contribution is 6.00. The third kappa shape index (κ3) is 3.53. The lowest BCUT2D eigenvalue weighted by Gasteiger charge is -2.26. The van der Waals surface area contributed by atoms with Crippen LogP contribution in [-0.4, -0.2) is 58.7 Å². The van der Waals surface area contributed by atoms with E-state index in [1.807, 2.05) is 12.1 Å². The molecule has 4 rings (SSSR count). The molecule has 1 aromatic heterocycles. The van der Waals surface area contributed by atoms with Crippen LogP contribution in [0.1, 0.15) is 24.4 Å². The first kappa shape index (κ1) is 18.3. The van der Waals surface area contributed by atoms with Crippen molar-refractivity contribution in [3.8, 4) is 5.88 Å². The van der Waals surface area contributed by atoms with Crippen LogP contribution in [0.2, 0.25) is 0 Å². The minimum atomic E-state index is -0.616. The first-order valence-corrected chi connectivity index (χ1v) is 9.29. The second-order valence-corrected chi connectivity index (χ2v) is 7.01. The Hall–Kier alpha value is -3.07. The van der Waals surface area contributed by atoms with Crippen LogP contribution in [0, 0.1) is 0 Å². The molecule has 2 saturated heterocycles. The number of urea groups is 1. The number of imide groups is 1. The molecule has 0 aliphatic carbocycles. The third-order valence-corrected chi connectivity index (χ3v) is 5.17. The predicted molar refractivity (Wildman–Crippen MR) is 99.7 cm³/mol. The molecule has 2 aromatic rings. The molecule has 9 nitrogen and oxygen atoms in total. The fourth-order valence-corrected chi connectivity index (χ4v) is 3.62. The number of nitrogens with zero attached hydrogens (tertiary/aromatic N) is 2. The van der Waals surface area contributed by atoms with Gasteiger partial charge in [-0.05, 0) is 24.1 Å². The Kier molecular flexibility index (Phi) is 4.91. The van der Waals surface area contributed by atoms with Gasteiger partial charge in [0, 0.05) is 43.0 Å². The lowest BCUT2D eigenvalue weighted by molar-refractivity contribution is -0.135. The Morgan fingerprint density at radius 2 is 2.07 bits per heavy atom. The van der Waals surface area contributed by atoms with Crippen molar-refractivity contribution in [2.75, 3.05) is 26.3 Å². The molecule has 2 aliphatic rings. The maximum atomic E-state index is 12.2. The van der Waals surface area contributed by atoms with Gasteiger partial charge >= 0.3 is 6.03 Å². The largest absolute Gasteiger partial charge is 0.494 e. The molecule has 2 fully saturated rings. The summed E-state index contributed by atoms with van der Waals surface area (Å²) in [7, 11) is 0.